The summed E-state index contributed by atoms with van der Waals surface area (Å²) >= 11 is 6.15. The lowest BCUT2D eigenvalue weighted by Gasteiger charge is -2.43. The van der Waals surface area contributed by atoms with Gasteiger partial charge in [-0.25, -0.2) is 15.0 Å². The lowest BCUT2D eigenvalue weighted by atomic mass is 9.70. The van der Waals surface area contributed by atoms with Crippen LogP contribution in [0.1, 0.15) is 46.1 Å². The average Bonchev–Trinajstić information content (AvgIpc) is 3.14. The van der Waals surface area contributed by atoms with Crippen LogP contribution in [0.2, 0.25) is 23.3 Å². The zero-order valence-corrected chi connectivity index (χ0v) is 17.5. The van der Waals surface area contributed by atoms with Gasteiger partial charge < -0.3 is 8.99 Å². The van der Waals surface area contributed by atoms with E-state index in [0.29, 0.717) is 28.0 Å². The second-order valence-electron chi connectivity index (χ2n) is 9.48. The van der Waals surface area contributed by atoms with Gasteiger partial charge in [0.2, 0.25) is 0 Å². The Morgan fingerprint density at radius 1 is 1.24 bits per heavy atom. The largest absolute Gasteiger partial charge is 0.416 e. The van der Waals surface area contributed by atoms with E-state index in [1.54, 1.807) is 0 Å². The quantitative estimate of drug-likeness (QED) is 0.564. The number of hydrogen-bond donors (Lipinski definition) is 0. The summed E-state index contributed by atoms with van der Waals surface area (Å²) in [5, 5.41) is 0.698. The van der Waals surface area contributed by atoms with E-state index in [1.807, 2.05) is 6.33 Å². The van der Waals surface area contributed by atoms with Gasteiger partial charge in [-0.2, -0.15) is 0 Å². The fraction of sp³-hybridized carbons (Fsp3) is 0.722. The Balaban J connectivity index is 1.51. The summed E-state index contributed by atoms with van der Waals surface area (Å²) in [5.74, 6) is 0.703. The minimum absolute atomic E-state index is 0.263. The van der Waals surface area contributed by atoms with Gasteiger partial charge in [0.15, 0.2) is 19.1 Å². The fourth-order valence-electron chi connectivity index (χ4n) is 4.22. The third-order valence-corrected chi connectivity index (χ3v) is 11.5. The van der Waals surface area contributed by atoms with Crippen molar-refractivity contribution < 1.29 is 4.43 Å². The highest BCUT2D eigenvalue weighted by molar-refractivity contribution is 6.74. The Morgan fingerprint density at radius 2 is 1.96 bits per heavy atom. The molecule has 136 valence electrons. The van der Waals surface area contributed by atoms with Crippen LogP contribution < -0.4 is 0 Å². The maximum Gasteiger partial charge on any atom is 0.192 e. The normalized spacial score (nSPS) is 29.2. The molecule has 0 N–H and O–H groups in total. The van der Waals surface area contributed by atoms with Crippen LogP contribution in [0, 0.1) is 11.3 Å². The van der Waals surface area contributed by atoms with Gasteiger partial charge >= 0.3 is 0 Å². The van der Waals surface area contributed by atoms with Crippen molar-refractivity contribution in [1.29, 1.82) is 0 Å². The van der Waals surface area contributed by atoms with Gasteiger partial charge in [-0.3, -0.25) is 0 Å². The van der Waals surface area contributed by atoms with Crippen LogP contribution >= 0.6 is 11.6 Å². The Labute approximate surface area is 155 Å². The number of halogens is 1. The summed E-state index contributed by atoms with van der Waals surface area (Å²) in [5.41, 5.74) is 1.91. The Bertz CT molecular complexity index is 807. The minimum Gasteiger partial charge on any atom is -0.416 e. The van der Waals surface area contributed by atoms with Gasteiger partial charge in [0, 0.05) is 12.6 Å². The Hall–Kier alpha value is -0.983. The first-order valence-corrected chi connectivity index (χ1v) is 12.4. The summed E-state index contributed by atoms with van der Waals surface area (Å²) in [4.78, 5) is 12.9. The highest BCUT2D eigenvalue weighted by Gasteiger charge is 2.57. The van der Waals surface area contributed by atoms with Crippen LogP contribution in [0.15, 0.2) is 12.7 Å². The molecule has 7 heteroatoms. The number of nitrogens with zero attached hydrogens (tertiary/aromatic N) is 4. The first-order chi connectivity index (χ1) is 11.6. The molecule has 2 aromatic rings. The van der Waals surface area contributed by atoms with Gasteiger partial charge in [-0.05, 0) is 48.7 Å². The van der Waals surface area contributed by atoms with Crippen molar-refractivity contribution in [2.45, 2.75) is 64.2 Å². The van der Waals surface area contributed by atoms with Gasteiger partial charge in [-0.1, -0.05) is 32.4 Å². The zero-order chi connectivity index (χ0) is 18.0. The highest BCUT2D eigenvalue weighted by atomic mass is 35.5. The molecule has 0 amide bonds. The van der Waals surface area contributed by atoms with E-state index in [4.69, 9.17) is 16.0 Å². The number of imidazole rings is 1. The lowest BCUT2D eigenvalue weighted by Crippen LogP contribution is -2.45. The van der Waals surface area contributed by atoms with E-state index in [1.165, 1.54) is 19.2 Å². The summed E-state index contributed by atoms with van der Waals surface area (Å²) in [6.07, 6.45) is 7.08. The first kappa shape index (κ1) is 17.4. The second-order valence-corrected chi connectivity index (χ2v) is 14.6. The van der Waals surface area contributed by atoms with E-state index in [2.05, 4.69) is 53.4 Å². The molecule has 5 nitrogen and oxygen atoms in total. The predicted molar refractivity (Wildman–Crippen MR) is 102 cm³/mol. The second kappa shape index (κ2) is 5.51. The van der Waals surface area contributed by atoms with E-state index in [-0.39, 0.29) is 5.04 Å². The van der Waals surface area contributed by atoms with Gasteiger partial charge in [0.1, 0.15) is 11.8 Å². The first-order valence-electron chi connectivity index (χ1n) is 9.09. The summed E-state index contributed by atoms with van der Waals surface area (Å²) in [6, 6.07) is 0.457. The van der Waals surface area contributed by atoms with Crippen LogP contribution in [-0.4, -0.2) is 34.4 Å². The van der Waals surface area contributed by atoms with Crippen molar-refractivity contribution in [1.82, 2.24) is 19.5 Å². The Morgan fingerprint density at radius 3 is 2.64 bits per heavy atom. The van der Waals surface area contributed by atoms with Crippen molar-refractivity contribution in [3.63, 3.8) is 0 Å². The number of rotatable bonds is 4. The van der Waals surface area contributed by atoms with Crippen LogP contribution in [-0.2, 0) is 4.43 Å². The number of hydrogen-bond acceptors (Lipinski definition) is 4. The van der Waals surface area contributed by atoms with Gasteiger partial charge in [-0.15, -0.1) is 0 Å². The number of fused-ring (bicyclic) bond motifs is 2. The van der Waals surface area contributed by atoms with E-state index in [9.17, 15) is 0 Å². The fourth-order valence-corrected chi connectivity index (χ4v) is 5.50. The van der Waals surface area contributed by atoms with E-state index in [0.717, 1.165) is 18.7 Å². The van der Waals surface area contributed by atoms with Gasteiger partial charge in [0.25, 0.3) is 0 Å². The molecule has 0 saturated heterocycles. The average molecular weight is 379 g/mol. The summed E-state index contributed by atoms with van der Waals surface area (Å²) in [6.45, 7) is 12.5. The molecular weight excluding hydrogens is 352 g/mol. The molecule has 25 heavy (non-hydrogen) atoms. The van der Waals surface area contributed by atoms with Crippen molar-refractivity contribution in [3.05, 3.63) is 17.8 Å². The van der Waals surface area contributed by atoms with Crippen molar-refractivity contribution in [2.24, 2.45) is 11.3 Å². The maximum absolute atomic E-state index is 6.56. The maximum atomic E-state index is 6.56. The molecule has 0 aliphatic heterocycles. The molecule has 3 fully saturated rings. The monoisotopic (exact) mass is 378 g/mol. The van der Waals surface area contributed by atoms with Gasteiger partial charge in [0.05, 0.1) is 6.33 Å². The smallest absolute Gasteiger partial charge is 0.192 e. The topological polar surface area (TPSA) is 52.8 Å². The third-order valence-electron chi connectivity index (χ3n) is 6.79. The predicted octanol–water partition coefficient (Wildman–Crippen LogP) is 4.84. The molecule has 2 heterocycles. The van der Waals surface area contributed by atoms with Crippen LogP contribution in [0.3, 0.4) is 0 Å². The van der Waals surface area contributed by atoms with Crippen LogP contribution in [0.4, 0.5) is 0 Å². The van der Waals surface area contributed by atoms with E-state index < -0.39 is 8.32 Å². The van der Waals surface area contributed by atoms with Crippen molar-refractivity contribution >= 4 is 31.1 Å². The molecule has 0 unspecified atom stereocenters. The zero-order valence-electron chi connectivity index (χ0n) is 15.7. The highest BCUT2D eigenvalue weighted by Crippen LogP contribution is 2.64. The van der Waals surface area contributed by atoms with Crippen LogP contribution in [0.25, 0.3) is 11.2 Å². The molecule has 1 atom stereocenters. The summed E-state index contributed by atoms with van der Waals surface area (Å²) < 4.78 is 8.78. The Kier molecular flexibility index (Phi) is 3.84. The molecule has 3 aliphatic carbocycles. The van der Waals surface area contributed by atoms with E-state index >= 15 is 0 Å². The van der Waals surface area contributed by atoms with Crippen molar-refractivity contribution in [3.8, 4) is 0 Å². The SMILES string of the molecule is CC(C)(C)[Si](C)(C)OCC12CC(C1)[C@H](n1cnc3c(Cl)ncnc31)C2. The standard InChI is InChI=1S/C18H27ClN4OSi/c1-17(2,3)25(4,5)24-9-18-6-12(7-18)13(8-18)23-11-22-14-15(19)20-10-21-16(14)23/h10-13H,6-9H2,1-5H3/t12?,13-,18?/m1/s1. The molecule has 3 aliphatic rings. The molecule has 3 saturated carbocycles. The molecule has 0 radical (unpaired) electrons. The molecule has 2 bridgehead atoms. The molecule has 5 rings (SSSR count). The van der Waals surface area contributed by atoms with Crippen LogP contribution in [0.5, 0.6) is 0 Å². The molecule has 0 aromatic carbocycles. The minimum atomic E-state index is -1.69. The van der Waals surface area contributed by atoms with Crippen molar-refractivity contribution in [2.75, 3.05) is 6.61 Å². The summed E-state index contributed by atoms with van der Waals surface area (Å²) in [7, 11) is -1.69. The third kappa shape index (κ3) is 2.73. The lowest BCUT2D eigenvalue weighted by molar-refractivity contribution is 0.0602. The molecule has 2 aromatic heterocycles. The molecular formula is C18H27ClN4OSi. The molecule has 0 spiro atoms. The number of aromatic nitrogens is 4.